The zero-order valence-corrected chi connectivity index (χ0v) is 13.7. The quantitative estimate of drug-likeness (QED) is 0.941. The average Bonchev–Trinajstić information content (AvgIpc) is 2.90. The van der Waals surface area contributed by atoms with Gasteiger partial charge in [-0.15, -0.1) is 12.4 Å². The highest BCUT2D eigenvalue weighted by Gasteiger charge is 2.27. The van der Waals surface area contributed by atoms with E-state index in [1.807, 2.05) is 32.4 Å². The normalized spacial score (nSPS) is 19.0. The molecule has 3 rings (SSSR count). The van der Waals surface area contributed by atoms with Gasteiger partial charge < -0.3 is 9.88 Å². The first-order chi connectivity index (χ1) is 10.1. The molecular formula is C16H22ClFN4. The molecule has 1 fully saturated rings. The zero-order valence-electron chi connectivity index (χ0n) is 12.9. The van der Waals surface area contributed by atoms with Gasteiger partial charge in [0.2, 0.25) is 0 Å². The fourth-order valence-electron chi connectivity index (χ4n) is 2.92. The Kier molecular flexibility index (Phi) is 5.56. The van der Waals surface area contributed by atoms with Crippen LogP contribution in [0.2, 0.25) is 0 Å². The largest absolute Gasteiger partial charge is 0.337 e. The van der Waals surface area contributed by atoms with Crippen molar-refractivity contribution in [1.29, 1.82) is 0 Å². The van der Waals surface area contributed by atoms with E-state index in [1.54, 1.807) is 6.07 Å². The van der Waals surface area contributed by atoms with E-state index in [1.165, 1.54) is 6.07 Å². The van der Waals surface area contributed by atoms with Gasteiger partial charge in [0.25, 0.3) is 0 Å². The number of aromatic nitrogens is 2. The number of nitrogens with zero attached hydrogens (tertiary/aromatic N) is 3. The van der Waals surface area contributed by atoms with Gasteiger partial charge in [0.15, 0.2) is 0 Å². The lowest BCUT2D eigenvalue weighted by Gasteiger charge is -2.36. The van der Waals surface area contributed by atoms with E-state index in [9.17, 15) is 4.39 Å². The zero-order chi connectivity index (χ0) is 14.8. The van der Waals surface area contributed by atoms with Gasteiger partial charge in [0, 0.05) is 45.6 Å². The molecule has 1 aromatic carbocycles. The van der Waals surface area contributed by atoms with Crippen molar-refractivity contribution in [3.63, 3.8) is 0 Å². The molecule has 0 aliphatic carbocycles. The van der Waals surface area contributed by atoms with Crippen molar-refractivity contribution in [2.24, 2.45) is 7.05 Å². The van der Waals surface area contributed by atoms with Crippen LogP contribution in [0.1, 0.15) is 23.0 Å². The Balaban J connectivity index is 0.00000176. The Morgan fingerprint density at radius 1 is 1.41 bits per heavy atom. The smallest absolute Gasteiger partial charge is 0.127 e. The number of benzene rings is 1. The molecule has 0 bridgehead atoms. The van der Waals surface area contributed by atoms with Gasteiger partial charge in [-0.05, 0) is 30.2 Å². The van der Waals surface area contributed by atoms with Gasteiger partial charge in [0.1, 0.15) is 11.6 Å². The Bertz CT molecular complexity index is 628. The number of piperazine rings is 1. The maximum atomic E-state index is 13.5. The van der Waals surface area contributed by atoms with Gasteiger partial charge in [-0.2, -0.15) is 0 Å². The first-order valence-corrected chi connectivity index (χ1v) is 7.32. The highest BCUT2D eigenvalue weighted by Crippen LogP contribution is 2.24. The third-order valence-electron chi connectivity index (χ3n) is 4.20. The number of aryl methyl sites for hydroxylation is 2. The van der Waals surface area contributed by atoms with Gasteiger partial charge in [-0.1, -0.05) is 6.07 Å². The standard InChI is InChI=1S/C16H21FN4.ClH/c1-12-3-4-14(17)9-13(12)11-21-8-5-18-10-15(21)16-19-6-7-20(16)2;/h3-4,6-7,9,15,18H,5,8,10-11H2,1-2H3;1H. The minimum Gasteiger partial charge on any atom is -0.337 e. The maximum absolute atomic E-state index is 13.5. The molecule has 6 heteroatoms. The summed E-state index contributed by atoms with van der Waals surface area (Å²) in [5, 5.41) is 3.42. The molecule has 1 aliphatic rings. The van der Waals surface area contributed by atoms with E-state index in [-0.39, 0.29) is 24.3 Å². The molecule has 1 N–H and O–H groups in total. The predicted molar refractivity (Wildman–Crippen MR) is 87.6 cm³/mol. The first kappa shape index (κ1) is 16.9. The third-order valence-corrected chi connectivity index (χ3v) is 4.20. The Labute approximate surface area is 136 Å². The Morgan fingerprint density at radius 3 is 2.95 bits per heavy atom. The molecule has 22 heavy (non-hydrogen) atoms. The van der Waals surface area contributed by atoms with Gasteiger partial charge in [-0.25, -0.2) is 9.37 Å². The second-order valence-corrected chi connectivity index (χ2v) is 5.66. The molecule has 1 saturated heterocycles. The summed E-state index contributed by atoms with van der Waals surface area (Å²) in [6.45, 7) is 5.55. The number of rotatable bonds is 3. The predicted octanol–water partition coefficient (Wildman–Crippen LogP) is 2.44. The van der Waals surface area contributed by atoms with Crippen LogP contribution < -0.4 is 5.32 Å². The number of imidazole rings is 1. The molecule has 1 atom stereocenters. The summed E-state index contributed by atoms with van der Waals surface area (Å²) in [4.78, 5) is 6.85. The first-order valence-electron chi connectivity index (χ1n) is 7.32. The molecule has 0 amide bonds. The van der Waals surface area contributed by atoms with Gasteiger partial charge >= 0.3 is 0 Å². The van der Waals surface area contributed by atoms with Crippen molar-refractivity contribution in [1.82, 2.24) is 19.8 Å². The van der Waals surface area contributed by atoms with Crippen LogP contribution in [0, 0.1) is 12.7 Å². The van der Waals surface area contributed by atoms with E-state index in [2.05, 4.69) is 19.8 Å². The molecule has 1 unspecified atom stereocenters. The second kappa shape index (κ2) is 7.22. The van der Waals surface area contributed by atoms with Crippen LogP contribution in [0.5, 0.6) is 0 Å². The summed E-state index contributed by atoms with van der Waals surface area (Å²) in [6.07, 6.45) is 3.80. The lowest BCUT2D eigenvalue weighted by molar-refractivity contribution is 0.144. The van der Waals surface area contributed by atoms with Crippen LogP contribution in [0.25, 0.3) is 0 Å². The van der Waals surface area contributed by atoms with Crippen molar-refractivity contribution in [3.05, 3.63) is 53.4 Å². The Hall–Kier alpha value is -1.43. The van der Waals surface area contributed by atoms with E-state index in [0.717, 1.165) is 43.1 Å². The topological polar surface area (TPSA) is 33.1 Å². The highest BCUT2D eigenvalue weighted by atomic mass is 35.5. The molecule has 1 aromatic heterocycles. The molecule has 0 radical (unpaired) electrons. The molecule has 120 valence electrons. The minimum absolute atomic E-state index is 0. The molecule has 0 saturated carbocycles. The molecule has 2 aromatic rings. The van der Waals surface area contributed by atoms with E-state index >= 15 is 0 Å². The summed E-state index contributed by atoms with van der Waals surface area (Å²) in [5.74, 6) is 0.885. The van der Waals surface area contributed by atoms with Crippen LogP contribution in [-0.2, 0) is 13.6 Å². The average molecular weight is 325 g/mol. The fourth-order valence-corrected chi connectivity index (χ4v) is 2.92. The molecule has 4 nitrogen and oxygen atoms in total. The molecule has 2 heterocycles. The number of hydrogen-bond donors (Lipinski definition) is 1. The highest BCUT2D eigenvalue weighted by molar-refractivity contribution is 5.85. The van der Waals surface area contributed by atoms with E-state index in [0.29, 0.717) is 0 Å². The van der Waals surface area contributed by atoms with Gasteiger partial charge in [-0.3, -0.25) is 4.90 Å². The SMILES string of the molecule is Cc1ccc(F)cc1CN1CCNCC1c1nccn1C.Cl. The summed E-state index contributed by atoms with van der Waals surface area (Å²) < 4.78 is 15.5. The number of nitrogens with one attached hydrogen (secondary N) is 1. The Morgan fingerprint density at radius 2 is 2.23 bits per heavy atom. The third kappa shape index (κ3) is 3.48. The molecular weight excluding hydrogens is 303 g/mol. The van der Waals surface area contributed by atoms with Crippen LogP contribution in [-0.4, -0.2) is 34.1 Å². The van der Waals surface area contributed by atoms with Crippen LogP contribution in [0.4, 0.5) is 4.39 Å². The minimum atomic E-state index is -0.167. The summed E-state index contributed by atoms with van der Waals surface area (Å²) >= 11 is 0. The summed E-state index contributed by atoms with van der Waals surface area (Å²) in [7, 11) is 2.02. The van der Waals surface area contributed by atoms with Crippen molar-refractivity contribution in [2.45, 2.75) is 19.5 Å². The maximum Gasteiger partial charge on any atom is 0.127 e. The van der Waals surface area contributed by atoms with Crippen LogP contribution in [0.15, 0.2) is 30.6 Å². The lowest BCUT2D eigenvalue weighted by Crippen LogP contribution is -2.46. The summed E-state index contributed by atoms with van der Waals surface area (Å²) in [5.41, 5.74) is 2.18. The van der Waals surface area contributed by atoms with E-state index < -0.39 is 0 Å². The van der Waals surface area contributed by atoms with Crippen LogP contribution in [0.3, 0.4) is 0 Å². The van der Waals surface area contributed by atoms with Crippen molar-refractivity contribution < 1.29 is 4.39 Å². The summed E-state index contributed by atoms with van der Waals surface area (Å²) in [6, 6.07) is 5.24. The number of halogens is 2. The molecule has 1 aliphatic heterocycles. The monoisotopic (exact) mass is 324 g/mol. The lowest BCUT2D eigenvalue weighted by atomic mass is 10.1. The van der Waals surface area contributed by atoms with Crippen molar-refractivity contribution in [2.75, 3.05) is 19.6 Å². The van der Waals surface area contributed by atoms with Crippen molar-refractivity contribution >= 4 is 12.4 Å². The second-order valence-electron chi connectivity index (χ2n) is 5.66. The fraction of sp³-hybridized carbons (Fsp3) is 0.438. The van der Waals surface area contributed by atoms with Crippen LogP contribution >= 0.6 is 12.4 Å². The number of hydrogen-bond acceptors (Lipinski definition) is 3. The van der Waals surface area contributed by atoms with Crippen molar-refractivity contribution in [3.8, 4) is 0 Å². The van der Waals surface area contributed by atoms with E-state index in [4.69, 9.17) is 0 Å². The van der Waals surface area contributed by atoms with Gasteiger partial charge in [0.05, 0.1) is 6.04 Å². The molecule has 0 spiro atoms.